The highest BCUT2D eigenvalue weighted by molar-refractivity contribution is 6.32. The second-order valence-corrected chi connectivity index (χ2v) is 7.09. The van der Waals surface area contributed by atoms with Crippen molar-refractivity contribution in [3.05, 3.63) is 64.7 Å². The smallest absolute Gasteiger partial charge is 0.323 e. The molecule has 0 spiro atoms. The lowest BCUT2D eigenvalue weighted by Gasteiger charge is -2.25. The number of benzene rings is 2. The Hall–Kier alpha value is -2.66. The molecule has 0 fully saturated rings. The second-order valence-electron chi connectivity index (χ2n) is 6.65. The Morgan fingerprint density at radius 2 is 1.96 bits per heavy atom. The largest absolute Gasteiger partial charge is 0.480 e. The first kappa shape index (κ1) is 19.1. The van der Waals surface area contributed by atoms with Gasteiger partial charge in [0.2, 0.25) is 0 Å². The maximum Gasteiger partial charge on any atom is 0.323 e. The number of aliphatic imine (C=N–C) groups is 1. The van der Waals surface area contributed by atoms with Crippen LogP contribution < -0.4 is 4.90 Å². The summed E-state index contributed by atoms with van der Waals surface area (Å²) in [6.45, 7) is 3.53. The lowest BCUT2D eigenvalue weighted by atomic mass is 9.98. The number of carboxylic acids is 1. The third-order valence-electron chi connectivity index (χ3n) is 4.82. The van der Waals surface area contributed by atoms with Crippen LogP contribution in [0, 0.1) is 5.92 Å². The summed E-state index contributed by atoms with van der Waals surface area (Å²) in [6, 6.07) is 14.0. The van der Waals surface area contributed by atoms with Gasteiger partial charge in [0.15, 0.2) is 0 Å². The molecule has 2 atom stereocenters. The van der Waals surface area contributed by atoms with E-state index in [0.717, 1.165) is 12.0 Å². The molecule has 140 valence electrons. The molecule has 0 bridgehead atoms. The molecule has 2 aromatic carbocycles. The van der Waals surface area contributed by atoms with E-state index < -0.39 is 18.6 Å². The normalized spacial score (nSPS) is 17.7. The molecule has 0 radical (unpaired) electrons. The summed E-state index contributed by atoms with van der Waals surface area (Å²) in [5.74, 6) is -1.41. The van der Waals surface area contributed by atoms with Crippen molar-refractivity contribution in [2.45, 2.75) is 26.3 Å². The second kappa shape index (κ2) is 7.92. The molecule has 6 heteroatoms. The zero-order valence-corrected chi connectivity index (χ0v) is 16.0. The van der Waals surface area contributed by atoms with Crippen molar-refractivity contribution in [3.8, 4) is 0 Å². The topological polar surface area (TPSA) is 70.0 Å². The summed E-state index contributed by atoms with van der Waals surface area (Å²) in [5, 5.41) is 9.87. The molecule has 0 saturated heterocycles. The molecular formula is C21H21ClN2O3. The van der Waals surface area contributed by atoms with Gasteiger partial charge in [-0.15, -0.1) is 0 Å². The van der Waals surface area contributed by atoms with Crippen molar-refractivity contribution in [2.24, 2.45) is 10.9 Å². The van der Waals surface area contributed by atoms with Crippen molar-refractivity contribution in [3.63, 3.8) is 0 Å². The number of amides is 1. The van der Waals surface area contributed by atoms with Crippen molar-refractivity contribution in [1.82, 2.24) is 0 Å². The van der Waals surface area contributed by atoms with E-state index in [4.69, 9.17) is 16.6 Å². The lowest BCUT2D eigenvalue weighted by Crippen LogP contribution is -2.43. The van der Waals surface area contributed by atoms with E-state index in [2.05, 4.69) is 0 Å². The standard InChI is InChI=1S/C21H21ClN2O3/c1-3-13(2)19-21(27)24(12-18(25)26)17-10-9-15(22)11-16(17)20(23-19)14-7-5-4-6-8-14/h4-11,13,19H,3,12H2,1-2H3,(H,25,26)/t13-,19-/m0/s1. The molecule has 0 saturated carbocycles. The highest BCUT2D eigenvalue weighted by Gasteiger charge is 2.35. The van der Waals surface area contributed by atoms with Gasteiger partial charge in [-0.25, -0.2) is 0 Å². The Bertz CT molecular complexity index is 896. The summed E-state index contributed by atoms with van der Waals surface area (Å²) in [7, 11) is 0. The number of fused-ring (bicyclic) bond motifs is 1. The average Bonchev–Trinajstić information content (AvgIpc) is 2.77. The van der Waals surface area contributed by atoms with Crippen LogP contribution in [0.1, 0.15) is 31.4 Å². The van der Waals surface area contributed by atoms with Crippen molar-refractivity contribution >= 4 is 34.9 Å². The zero-order valence-electron chi connectivity index (χ0n) is 15.2. The molecule has 1 amide bonds. The summed E-state index contributed by atoms with van der Waals surface area (Å²) in [5.41, 5.74) is 2.69. The quantitative estimate of drug-likeness (QED) is 0.846. The van der Waals surface area contributed by atoms with Crippen LogP contribution in [0.25, 0.3) is 0 Å². The van der Waals surface area contributed by atoms with Gasteiger partial charge < -0.3 is 5.11 Å². The van der Waals surface area contributed by atoms with Crippen LogP contribution >= 0.6 is 11.6 Å². The molecule has 27 heavy (non-hydrogen) atoms. The molecule has 1 aliphatic heterocycles. The molecule has 1 N–H and O–H groups in total. The Labute approximate surface area is 163 Å². The minimum Gasteiger partial charge on any atom is -0.480 e. The molecule has 5 nitrogen and oxygen atoms in total. The summed E-state index contributed by atoms with van der Waals surface area (Å²) < 4.78 is 0. The Morgan fingerprint density at radius 3 is 2.59 bits per heavy atom. The third-order valence-corrected chi connectivity index (χ3v) is 5.05. The van der Waals surface area contributed by atoms with Gasteiger partial charge in [-0.05, 0) is 24.1 Å². The number of rotatable bonds is 5. The van der Waals surface area contributed by atoms with Gasteiger partial charge >= 0.3 is 5.97 Å². The monoisotopic (exact) mass is 384 g/mol. The number of carbonyl (C=O) groups is 2. The Morgan fingerprint density at radius 1 is 1.26 bits per heavy atom. The number of halogens is 1. The first-order valence-electron chi connectivity index (χ1n) is 8.88. The predicted molar refractivity (Wildman–Crippen MR) is 107 cm³/mol. The fourth-order valence-electron chi connectivity index (χ4n) is 3.19. The molecule has 1 heterocycles. The predicted octanol–water partition coefficient (Wildman–Crippen LogP) is 4.02. The van der Waals surface area contributed by atoms with E-state index in [1.54, 1.807) is 18.2 Å². The van der Waals surface area contributed by atoms with Gasteiger partial charge in [0.05, 0.1) is 11.4 Å². The van der Waals surface area contributed by atoms with Crippen LogP contribution in [0.4, 0.5) is 5.69 Å². The number of carboxylic acid groups (broad SMARTS) is 1. The van der Waals surface area contributed by atoms with E-state index in [-0.39, 0.29) is 11.8 Å². The molecular weight excluding hydrogens is 364 g/mol. The minimum atomic E-state index is -1.07. The van der Waals surface area contributed by atoms with Gasteiger partial charge in [0.1, 0.15) is 12.6 Å². The summed E-state index contributed by atoms with van der Waals surface area (Å²) in [4.78, 5) is 30.8. The van der Waals surface area contributed by atoms with E-state index in [0.29, 0.717) is 22.0 Å². The number of carbonyl (C=O) groups excluding carboxylic acids is 1. The number of hydrogen-bond acceptors (Lipinski definition) is 3. The van der Waals surface area contributed by atoms with Crippen LogP contribution in [0.3, 0.4) is 0 Å². The number of aliphatic carboxylic acids is 1. The van der Waals surface area contributed by atoms with E-state index in [9.17, 15) is 14.7 Å². The third kappa shape index (κ3) is 3.88. The van der Waals surface area contributed by atoms with E-state index in [1.165, 1.54) is 4.90 Å². The molecule has 3 rings (SSSR count). The molecule has 0 aliphatic carbocycles. The molecule has 0 aromatic heterocycles. The van der Waals surface area contributed by atoms with Gasteiger partial charge in [0, 0.05) is 16.1 Å². The van der Waals surface area contributed by atoms with Crippen LogP contribution in [0.2, 0.25) is 5.02 Å². The first-order valence-corrected chi connectivity index (χ1v) is 9.26. The van der Waals surface area contributed by atoms with Gasteiger partial charge in [0.25, 0.3) is 5.91 Å². The fourth-order valence-corrected chi connectivity index (χ4v) is 3.37. The highest BCUT2D eigenvalue weighted by atomic mass is 35.5. The number of hydrogen-bond donors (Lipinski definition) is 1. The lowest BCUT2D eigenvalue weighted by molar-refractivity contribution is -0.136. The van der Waals surface area contributed by atoms with Crippen LogP contribution in [-0.2, 0) is 9.59 Å². The summed E-state index contributed by atoms with van der Waals surface area (Å²) >= 11 is 6.22. The maximum absolute atomic E-state index is 13.2. The number of benzodiazepines with no additional fused rings is 1. The maximum atomic E-state index is 13.2. The van der Waals surface area contributed by atoms with Gasteiger partial charge in [-0.2, -0.15) is 0 Å². The fraction of sp³-hybridized carbons (Fsp3) is 0.286. The SMILES string of the molecule is CC[C@H](C)[C@@H]1N=C(c2ccccc2)c2cc(Cl)ccc2N(CC(=O)O)C1=O. The highest BCUT2D eigenvalue weighted by Crippen LogP contribution is 2.32. The summed E-state index contributed by atoms with van der Waals surface area (Å²) in [6.07, 6.45) is 0.750. The van der Waals surface area contributed by atoms with Crippen LogP contribution in [-0.4, -0.2) is 35.3 Å². The van der Waals surface area contributed by atoms with Crippen molar-refractivity contribution in [1.29, 1.82) is 0 Å². The van der Waals surface area contributed by atoms with E-state index >= 15 is 0 Å². The number of anilines is 1. The van der Waals surface area contributed by atoms with Crippen LogP contribution in [0.5, 0.6) is 0 Å². The van der Waals surface area contributed by atoms with Crippen molar-refractivity contribution in [2.75, 3.05) is 11.4 Å². The van der Waals surface area contributed by atoms with Crippen LogP contribution in [0.15, 0.2) is 53.5 Å². The zero-order chi connectivity index (χ0) is 19.6. The Kier molecular flexibility index (Phi) is 5.61. The first-order chi connectivity index (χ1) is 12.9. The van der Waals surface area contributed by atoms with E-state index in [1.807, 2.05) is 44.2 Å². The Balaban J connectivity index is 2.27. The average molecular weight is 385 g/mol. The minimum absolute atomic E-state index is 0.0303. The number of nitrogens with zero attached hydrogens (tertiary/aromatic N) is 2. The van der Waals surface area contributed by atoms with Crippen molar-refractivity contribution < 1.29 is 14.7 Å². The van der Waals surface area contributed by atoms with Gasteiger partial charge in [-0.3, -0.25) is 19.5 Å². The van der Waals surface area contributed by atoms with Gasteiger partial charge in [-0.1, -0.05) is 62.2 Å². The molecule has 0 unspecified atom stereocenters. The molecule has 2 aromatic rings. The molecule has 1 aliphatic rings.